The second-order valence-corrected chi connectivity index (χ2v) is 7.18. The van der Waals surface area contributed by atoms with Crippen molar-refractivity contribution < 1.29 is 17.6 Å². The van der Waals surface area contributed by atoms with Crippen LogP contribution in [0, 0.1) is 12.7 Å². The molecule has 2 aromatic carbocycles. The summed E-state index contributed by atoms with van der Waals surface area (Å²) < 4.78 is 53.2. The Hall–Kier alpha value is -2.74. The zero-order chi connectivity index (χ0) is 21.2. The van der Waals surface area contributed by atoms with Crippen LogP contribution in [0.15, 0.2) is 36.4 Å². The molecular formula is C21H22F4N4. The molecule has 0 aliphatic heterocycles. The Morgan fingerprint density at radius 3 is 2.52 bits per heavy atom. The summed E-state index contributed by atoms with van der Waals surface area (Å²) in [7, 11) is 3.95. The zero-order valence-corrected chi connectivity index (χ0v) is 16.4. The van der Waals surface area contributed by atoms with E-state index in [-0.39, 0.29) is 11.4 Å². The first kappa shape index (κ1) is 21.0. The Labute approximate surface area is 166 Å². The molecule has 4 nitrogen and oxygen atoms in total. The molecule has 0 atom stereocenters. The van der Waals surface area contributed by atoms with Crippen molar-refractivity contribution in [3.8, 4) is 11.4 Å². The molecule has 0 fully saturated rings. The second kappa shape index (κ2) is 8.32. The molecule has 3 rings (SSSR count). The Morgan fingerprint density at radius 2 is 1.83 bits per heavy atom. The lowest BCUT2D eigenvalue weighted by Crippen LogP contribution is -2.17. The van der Waals surface area contributed by atoms with Gasteiger partial charge >= 0.3 is 6.18 Å². The monoisotopic (exact) mass is 406 g/mol. The molecule has 1 N–H and O–H groups in total. The van der Waals surface area contributed by atoms with Gasteiger partial charge in [0.15, 0.2) is 5.82 Å². The van der Waals surface area contributed by atoms with Gasteiger partial charge < -0.3 is 10.2 Å². The number of anilines is 1. The van der Waals surface area contributed by atoms with Crippen molar-refractivity contribution in [1.82, 2.24) is 14.9 Å². The van der Waals surface area contributed by atoms with E-state index < -0.39 is 17.6 Å². The van der Waals surface area contributed by atoms with Gasteiger partial charge in [-0.15, -0.1) is 0 Å². The van der Waals surface area contributed by atoms with Gasteiger partial charge in [-0.3, -0.25) is 0 Å². The summed E-state index contributed by atoms with van der Waals surface area (Å²) in [6, 6.07) is 7.95. The third kappa shape index (κ3) is 5.00. The molecule has 1 heterocycles. The molecule has 0 radical (unpaired) electrons. The Kier molecular flexibility index (Phi) is 6.02. The van der Waals surface area contributed by atoms with Gasteiger partial charge in [0.25, 0.3) is 0 Å². The van der Waals surface area contributed by atoms with Gasteiger partial charge in [-0.1, -0.05) is 12.1 Å². The quantitative estimate of drug-likeness (QED) is 0.455. The van der Waals surface area contributed by atoms with Crippen LogP contribution in [0.2, 0.25) is 0 Å². The molecule has 3 aromatic rings. The average molecular weight is 406 g/mol. The van der Waals surface area contributed by atoms with Gasteiger partial charge in [-0.2, -0.15) is 13.2 Å². The van der Waals surface area contributed by atoms with E-state index in [1.807, 2.05) is 39.2 Å². The van der Waals surface area contributed by atoms with Crippen molar-refractivity contribution in [2.45, 2.75) is 19.5 Å². The molecule has 0 bridgehead atoms. The fourth-order valence-electron chi connectivity index (χ4n) is 3.04. The Balaban J connectivity index is 2.07. The maximum atomic E-state index is 13.9. The molecule has 8 heteroatoms. The first-order valence-electron chi connectivity index (χ1n) is 9.19. The largest absolute Gasteiger partial charge is 0.416 e. The van der Waals surface area contributed by atoms with Crippen LogP contribution in [0.1, 0.15) is 17.5 Å². The highest BCUT2D eigenvalue weighted by Gasteiger charge is 2.31. The fourth-order valence-corrected chi connectivity index (χ4v) is 3.04. The van der Waals surface area contributed by atoms with Crippen molar-refractivity contribution in [1.29, 1.82) is 0 Å². The van der Waals surface area contributed by atoms with Crippen LogP contribution in [0.3, 0.4) is 0 Å². The van der Waals surface area contributed by atoms with Gasteiger partial charge in [0.2, 0.25) is 0 Å². The van der Waals surface area contributed by atoms with Crippen LogP contribution >= 0.6 is 0 Å². The second-order valence-electron chi connectivity index (χ2n) is 7.18. The molecule has 0 unspecified atom stereocenters. The van der Waals surface area contributed by atoms with Crippen molar-refractivity contribution in [2.75, 3.05) is 32.5 Å². The molecule has 29 heavy (non-hydrogen) atoms. The van der Waals surface area contributed by atoms with Crippen molar-refractivity contribution in [2.24, 2.45) is 0 Å². The van der Waals surface area contributed by atoms with Gasteiger partial charge in [-0.25, -0.2) is 14.4 Å². The molecule has 0 saturated heterocycles. The third-order valence-corrected chi connectivity index (χ3v) is 4.49. The number of rotatable bonds is 6. The van der Waals surface area contributed by atoms with Crippen LogP contribution in [-0.4, -0.2) is 42.1 Å². The topological polar surface area (TPSA) is 41.0 Å². The Bertz CT molecular complexity index is 1020. The first-order valence-corrected chi connectivity index (χ1v) is 9.19. The summed E-state index contributed by atoms with van der Waals surface area (Å²) in [5.74, 6) is -0.416. The van der Waals surface area contributed by atoms with Gasteiger partial charge in [-0.05, 0) is 63.8 Å². The normalized spacial score (nSPS) is 12.0. The molecule has 0 aliphatic rings. The van der Waals surface area contributed by atoms with Gasteiger partial charge in [0.1, 0.15) is 11.6 Å². The van der Waals surface area contributed by atoms with Gasteiger partial charge in [0.05, 0.1) is 11.1 Å². The van der Waals surface area contributed by atoms with Crippen LogP contribution in [-0.2, 0) is 6.18 Å². The third-order valence-electron chi connectivity index (χ3n) is 4.49. The summed E-state index contributed by atoms with van der Waals surface area (Å²) in [4.78, 5) is 10.9. The van der Waals surface area contributed by atoms with E-state index >= 15 is 0 Å². The van der Waals surface area contributed by atoms with Crippen molar-refractivity contribution in [3.05, 3.63) is 53.3 Å². The number of nitrogens with one attached hydrogen (secondary N) is 1. The SMILES string of the molecule is Cc1cccc2c(NCCCN(C)C)nc(-c3cc(F)cc(C(F)(F)F)c3)nc12. The number of hydrogen-bond donors (Lipinski definition) is 1. The lowest BCUT2D eigenvalue weighted by Gasteiger charge is -2.14. The highest BCUT2D eigenvalue weighted by atomic mass is 19.4. The van der Waals surface area contributed by atoms with Crippen LogP contribution in [0.25, 0.3) is 22.3 Å². The van der Waals surface area contributed by atoms with E-state index in [4.69, 9.17) is 0 Å². The standard InChI is InChI=1S/C21H22F4N4/c1-13-6-4-7-17-18(13)27-19(28-20(17)26-8-5-9-29(2)3)14-10-15(21(23,24)25)12-16(22)11-14/h4,6-7,10-12H,5,8-9H2,1-3H3,(H,26,27,28). The number of benzene rings is 2. The van der Waals surface area contributed by atoms with Crippen molar-refractivity contribution in [3.63, 3.8) is 0 Å². The molecule has 154 valence electrons. The van der Waals surface area contributed by atoms with Crippen LogP contribution in [0.4, 0.5) is 23.4 Å². The lowest BCUT2D eigenvalue weighted by atomic mass is 10.1. The summed E-state index contributed by atoms with van der Waals surface area (Å²) >= 11 is 0. The number of aromatic nitrogens is 2. The highest BCUT2D eigenvalue weighted by molar-refractivity contribution is 5.92. The zero-order valence-electron chi connectivity index (χ0n) is 16.4. The van der Waals surface area contributed by atoms with E-state index in [0.717, 1.165) is 36.0 Å². The number of hydrogen-bond acceptors (Lipinski definition) is 4. The summed E-state index contributed by atoms with van der Waals surface area (Å²) in [6.07, 6.45) is -3.80. The Morgan fingerprint density at radius 1 is 1.07 bits per heavy atom. The number of fused-ring (bicyclic) bond motifs is 1. The minimum Gasteiger partial charge on any atom is -0.369 e. The lowest BCUT2D eigenvalue weighted by molar-refractivity contribution is -0.137. The van der Waals surface area contributed by atoms with Crippen LogP contribution in [0.5, 0.6) is 0 Å². The molecule has 0 saturated carbocycles. The molecular weight excluding hydrogens is 384 g/mol. The minimum atomic E-state index is -4.66. The van der Waals surface area contributed by atoms with E-state index in [1.165, 1.54) is 0 Å². The summed E-state index contributed by atoms with van der Waals surface area (Å²) in [5.41, 5.74) is 0.390. The summed E-state index contributed by atoms with van der Waals surface area (Å²) in [5, 5.41) is 4.02. The first-order chi connectivity index (χ1) is 13.6. The predicted molar refractivity (Wildman–Crippen MR) is 106 cm³/mol. The van der Waals surface area contributed by atoms with E-state index in [0.29, 0.717) is 23.9 Å². The highest BCUT2D eigenvalue weighted by Crippen LogP contribution is 2.33. The predicted octanol–water partition coefficient (Wildman–Crippen LogP) is 5.13. The number of para-hydroxylation sites is 1. The number of nitrogens with zero attached hydrogens (tertiary/aromatic N) is 3. The summed E-state index contributed by atoms with van der Waals surface area (Å²) in [6.45, 7) is 3.37. The number of halogens is 4. The van der Waals surface area contributed by atoms with E-state index in [2.05, 4.69) is 20.2 Å². The number of aryl methyl sites for hydroxylation is 1. The molecule has 0 amide bonds. The van der Waals surface area contributed by atoms with Crippen LogP contribution < -0.4 is 5.32 Å². The number of alkyl halides is 3. The average Bonchev–Trinajstić information content (AvgIpc) is 2.64. The van der Waals surface area contributed by atoms with E-state index in [1.54, 1.807) is 0 Å². The maximum absolute atomic E-state index is 13.9. The maximum Gasteiger partial charge on any atom is 0.416 e. The van der Waals surface area contributed by atoms with Crippen molar-refractivity contribution >= 4 is 16.7 Å². The molecule has 1 aromatic heterocycles. The smallest absolute Gasteiger partial charge is 0.369 e. The minimum absolute atomic E-state index is 0.0150. The molecule has 0 spiro atoms. The molecule has 0 aliphatic carbocycles. The van der Waals surface area contributed by atoms with E-state index in [9.17, 15) is 17.6 Å². The fraction of sp³-hybridized carbons (Fsp3) is 0.333. The van der Waals surface area contributed by atoms with Gasteiger partial charge in [0, 0.05) is 17.5 Å².